The van der Waals surface area contributed by atoms with Gasteiger partial charge in [-0.05, 0) is 13.3 Å². The van der Waals surface area contributed by atoms with Gasteiger partial charge in [-0.1, -0.05) is 6.92 Å². The highest BCUT2D eigenvalue weighted by atomic mass is 16.1. The number of amides is 1. The second kappa shape index (κ2) is 7.32. The van der Waals surface area contributed by atoms with E-state index in [1.807, 2.05) is 11.5 Å². The minimum atomic E-state index is -0.284. The zero-order valence-corrected chi connectivity index (χ0v) is 12.2. The minimum Gasteiger partial charge on any atom is -0.369 e. The van der Waals surface area contributed by atoms with E-state index in [0.29, 0.717) is 18.2 Å². The molecule has 0 fully saturated rings. The number of aromatic nitrogens is 5. The molecule has 2 N–H and O–H groups in total. The van der Waals surface area contributed by atoms with Crippen LogP contribution in [0.4, 0.5) is 5.82 Å². The van der Waals surface area contributed by atoms with Crippen molar-refractivity contribution in [2.45, 2.75) is 33.4 Å². The Bertz CT molecular complexity index is 596. The molecule has 0 aliphatic carbocycles. The Morgan fingerprint density at radius 1 is 1.33 bits per heavy atom. The van der Waals surface area contributed by atoms with Gasteiger partial charge in [-0.3, -0.25) is 9.78 Å². The van der Waals surface area contributed by atoms with Gasteiger partial charge in [-0.15, -0.1) is 10.2 Å². The lowest BCUT2D eigenvalue weighted by Gasteiger charge is -2.07. The van der Waals surface area contributed by atoms with Gasteiger partial charge in [0.05, 0.1) is 18.9 Å². The van der Waals surface area contributed by atoms with Crippen LogP contribution in [-0.2, 0) is 13.1 Å². The number of nitrogens with one attached hydrogen (secondary N) is 2. The predicted molar refractivity (Wildman–Crippen MR) is 77.7 cm³/mol. The first-order valence-corrected chi connectivity index (χ1v) is 6.95. The lowest BCUT2D eigenvalue weighted by atomic mass is 10.4. The third kappa shape index (κ3) is 3.98. The molecule has 2 aromatic heterocycles. The molecule has 0 bridgehead atoms. The van der Waals surface area contributed by atoms with Gasteiger partial charge in [0, 0.05) is 13.1 Å². The lowest BCUT2D eigenvalue weighted by Crippen LogP contribution is -2.26. The molecule has 112 valence electrons. The Morgan fingerprint density at radius 3 is 2.95 bits per heavy atom. The van der Waals surface area contributed by atoms with Crippen LogP contribution in [0, 0.1) is 0 Å². The maximum absolute atomic E-state index is 12.1. The van der Waals surface area contributed by atoms with E-state index in [-0.39, 0.29) is 11.6 Å². The molecule has 0 atom stereocenters. The first kappa shape index (κ1) is 14.9. The van der Waals surface area contributed by atoms with Crippen LogP contribution < -0.4 is 10.6 Å². The SMILES string of the molecule is CCCNc1cncc(C(=O)NCc2nncn2CC)n1. The zero-order valence-electron chi connectivity index (χ0n) is 12.2. The fourth-order valence-electron chi connectivity index (χ4n) is 1.74. The van der Waals surface area contributed by atoms with Gasteiger partial charge >= 0.3 is 0 Å². The van der Waals surface area contributed by atoms with Gasteiger partial charge in [-0.25, -0.2) is 4.98 Å². The fourth-order valence-corrected chi connectivity index (χ4v) is 1.74. The molecule has 0 aromatic carbocycles. The minimum absolute atomic E-state index is 0.277. The van der Waals surface area contributed by atoms with Crippen LogP contribution in [0.3, 0.4) is 0 Å². The van der Waals surface area contributed by atoms with E-state index in [2.05, 4.69) is 37.7 Å². The lowest BCUT2D eigenvalue weighted by molar-refractivity contribution is 0.0944. The van der Waals surface area contributed by atoms with Crippen molar-refractivity contribution in [3.8, 4) is 0 Å². The summed E-state index contributed by atoms with van der Waals surface area (Å²) in [6.45, 7) is 5.90. The fraction of sp³-hybridized carbons (Fsp3) is 0.462. The van der Waals surface area contributed by atoms with E-state index in [1.54, 1.807) is 12.5 Å². The Labute approximate surface area is 123 Å². The van der Waals surface area contributed by atoms with Crippen LogP contribution in [0.15, 0.2) is 18.7 Å². The summed E-state index contributed by atoms with van der Waals surface area (Å²) in [7, 11) is 0. The summed E-state index contributed by atoms with van der Waals surface area (Å²) in [6.07, 6.45) is 5.65. The van der Waals surface area contributed by atoms with Gasteiger partial charge in [0.1, 0.15) is 17.8 Å². The van der Waals surface area contributed by atoms with E-state index < -0.39 is 0 Å². The van der Waals surface area contributed by atoms with Crippen molar-refractivity contribution >= 4 is 11.7 Å². The number of aryl methyl sites for hydroxylation is 1. The second-order valence-corrected chi connectivity index (χ2v) is 4.43. The largest absolute Gasteiger partial charge is 0.369 e. The number of hydrogen-bond donors (Lipinski definition) is 2. The molecule has 1 amide bonds. The van der Waals surface area contributed by atoms with E-state index in [0.717, 1.165) is 19.5 Å². The summed E-state index contributed by atoms with van der Waals surface area (Å²) in [6, 6.07) is 0. The molecule has 2 aromatic rings. The zero-order chi connectivity index (χ0) is 15.1. The van der Waals surface area contributed by atoms with E-state index in [9.17, 15) is 4.79 Å². The maximum Gasteiger partial charge on any atom is 0.271 e. The molecule has 0 aliphatic rings. The second-order valence-electron chi connectivity index (χ2n) is 4.43. The first-order valence-electron chi connectivity index (χ1n) is 6.95. The highest BCUT2D eigenvalue weighted by Gasteiger charge is 2.10. The summed E-state index contributed by atoms with van der Waals surface area (Å²) in [5.74, 6) is 1.02. The van der Waals surface area contributed by atoms with Crippen LogP contribution in [0.5, 0.6) is 0 Å². The van der Waals surface area contributed by atoms with Gasteiger partial charge in [0.15, 0.2) is 5.82 Å². The topological polar surface area (TPSA) is 97.6 Å². The number of nitrogens with zero attached hydrogens (tertiary/aromatic N) is 5. The molecule has 0 spiro atoms. The quantitative estimate of drug-likeness (QED) is 0.784. The van der Waals surface area contributed by atoms with Crippen molar-refractivity contribution in [2.24, 2.45) is 0 Å². The molecular weight excluding hydrogens is 270 g/mol. The maximum atomic E-state index is 12.1. The highest BCUT2D eigenvalue weighted by molar-refractivity contribution is 5.92. The number of rotatable bonds is 7. The molecule has 8 nitrogen and oxygen atoms in total. The van der Waals surface area contributed by atoms with Gasteiger partial charge < -0.3 is 15.2 Å². The predicted octanol–water partition coefficient (Wildman–Crippen LogP) is 0.840. The smallest absolute Gasteiger partial charge is 0.271 e. The molecule has 0 unspecified atom stereocenters. The van der Waals surface area contributed by atoms with Crippen molar-refractivity contribution in [2.75, 3.05) is 11.9 Å². The molecular formula is C13H19N7O. The van der Waals surface area contributed by atoms with E-state index in [1.165, 1.54) is 6.20 Å². The number of carbonyl (C=O) groups excluding carboxylic acids is 1. The van der Waals surface area contributed by atoms with Crippen LogP contribution in [0.25, 0.3) is 0 Å². The average Bonchev–Trinajstić information content (AvgIpc) is 2.98. The molecule has 0 radical (unpaired) electrons. The highest BCUT2D eigenvalue weighted by Crippen LogP contribution is 2.03. The first-order chi connectivity index (χ1) is 10.2. The summed E-state index contributed by atoms with van der Waals surface area (Å²) in [4.78, 5) is 20.3. The normalized spacial score (nSPS) is 10.4. The van der Waals surface area contributed by atoms with Crippen LogP contribution in [0.1, 0.15) is 36.6 Å². The van der Waals surface area contributed by atoms with Crippen LogP contribution in [-0.4, -0.2) is 37.2 Å². The van der Waals surface area contributed by atoms with E-state index in [4.69, 9.17) is 0 Å². The van der Waals surface area contributed by atoms with E-state index >= 15 is 0 Å². The third-order valence-corrected chi connectivity index (χ3v) is 2.87. The van der Waals surface area contributed by atoms with Gasteiger partial charge in [0.25, 0.3) is 5.91 Å². The third-order valence-electron chi connectivity index (χ3n) is 2.87. The monoisotopic (exact) mass is 289 g/mol. The Kier molecular flexibility index (Phi) is 5.19. The van der Waals surface area contributed by atoms with Crippen molar-refractivity contribution in [1.29, 1.82) is 0 Å². The Hall–Kier alpha value is -2.51. The van der Waals surface area contributed by atoms with Crippen LogP contribution >= 0.6 is 0 Å². The molecule has 0 saturated heterocycles. The molecule has 2 heterocycles. The van der Waals surface area contributed by atoms with Crippen molar-refractivity contribution < 1.29 is 4.79 Å². The summed E-state index contributed by atoms with van der Waals surface area (Å²) in [5.41, 5.74) is 0.277. The van der Waals surface area contributed by atoms with Gasteiger partial charge in [-0.2, -0.15) is 0 Å². The molecule has 21 heavy (non-hydrogen) atoms. The van der Waals surface area contributed by atoms with Crippen LogP contribution in [0.2, 0.25) is 0 Å². The summed E-state index contributed by atoms with van der Waals surface area (Å²) >= 11 is 0. The molecule has 0 saturated carbocycles. The number of anilines is 1. The van der Waals surface area contributed by atoms with Crippen molar-refractivity contribution in [3.05, 3.63) is 30.2 Å². The van der Waals surface area contributed by atoms with Gasteiger partial charge in [0.2, 0.25) is 0 Å². The molecule has 2 rings (SSSR count). The Balaban J connectivity index is 1.97. The number of hydrogen-bond acceptors (Lipinski definition) is 6. The summed E-state index contributed by atoms with van der Waals surface area (Å²) < 4.78 is 1.87. The van der Waals surface area contributed by atoms with Crippen molar-refractivity contribution in [3.63, 3.8) is 0 Å². The summed E-state index contributed by atoms with van der Waals surface area (Å²) in [5, 5.41) is 13.6. The molecule has 8 heteroatoms. The number of carbonyl (C=O) groups is 1. The standard InChI is InChI=1S/C13H19N7O/c1-3-5-15-11-7-14-6-10(18-11)13(21)16-8-12-19-17-9-20(12)4-2/h6-7,9H,3-5,8H2,1-2H3,(H,15,18)(H,16,21). The molecule has 0 aliphatic heterocycles. The average molecular weight is 289 g/mol. The van der Waals surface area contributed by atoms with Crippen molar-refractivity contribution in [1.82, 2.24) is 30.0 Å². The Morgan fingerprint density at radius 2 is 2.19 bits per heavy atom.